The first kappa shape index (κ1) is 13.8. The Morgan fingerprint density at radius 1 is 1.50 bits per heavy atom. The lowest BCUT2D eigenvalue weighted by Gasteiger charge is -2.12. The molecule has 4 heteroatoms. The van der Waals surface area contributed by atoms with Crippen LogP contribution in [0.3, 0.4) is 0 Å². The quantitative estimate of drug-likeness (QED) is 0.506. The molecule has 0 atom stereocenters. The van der Waals surface area contributed by atoms with Crippen LogP contribution < -0.4 is 5.32 Å². The van der Waals surface area contributed by atoms with Gasteiger partial charge in [-0.1, -0.05) is 13.8 Å². The van der Waals surface area contributed by atoms with Gasteiger partial charge in [0, 0.05) is 19.6 Å². The van der Waals surface area contributed by atoms with E-state index in [4.69, 9.17) is 4.74 Å². The molecule has 0 aromatic rings. The molecular formula is C12H23NO2S. The molecule has 1 fully saturated rings. The van der Waals surface area contributed by atoms with Gasteiger partial charge in [-0.3, -0.25) is 4.79 Å². The van der Waals surface area contributed by atoms with E-state index in [1.165, 1.54) is 0 Å². The van der Waals surface area contributed by atoms with Crippen LogP contribution in [0.25, 0.3) is 0 Å². The molecule has 0 aromatic carbocycles. The SMILES string of the molecule is CC(C)COCCNC(=O)CC1(CS)CC1. The first-order valence-corrected chi connectivity index (χ1v) is 6.66. The van der Waals surface area contributed by atoms with E-state index in [2.05, 4.69) is 31.8 Å². The fraction of sp³-hybridized carbons (Fsp3) is 0.917. The van der Waals surface area contributed by atoms with Gasteiger partial charge in [0.2, 0.25) is 5.91 Å². The predicted molar refractivity (Wildman–Crippen MR) is 68.8 cm³/mol. The number of thiol groups is 1. The summed E-state index contributed by atoms with van der Waals surface area (Å²) < 4.78 is 5.39. The second-order valence-electron chi connectivity index (χ2n) is 5.15. The molecule has 94 valence electrons. The van der Waals surface area contributed by atoms with E-state index in [1.807, 2.05) is 0 Å². The first-order valence-electron chi connectivity index (χ1n) is 6.03. The lowest BCUT2D eigenvalue weighted by molar-refractivity contribution is -0.122. The molecule has 1 amide bonds. The largest absolute Gasteiger partial charge is 0.379 e. The van der Waals surface area contributed by atoms with Crippen LogP contribution in [0.2, 0.25) is 0 Å². The first-order chi connectivity index (χ1) is 7.58. The standard InChI is InChI=1S/C12H23NO2S/c1-10(2)8-15-6-5-13-11(14)7-12(9-16)3-4-12/h10,16H,3-9H2,1-2H3,(H,13,14). The van der Waals surface area contributed by atoms with Gasteiger partial charge >= 0.3 is 0 Å². The van der Waals surface area contributed by atoms with E-state index >= 15 is 0 Å². The number of carbonyl (C=O) groups is 1. The molecule has 1 aliphatic rings. The summed E-state index contributed by atoms with van der Waals surface area (Å²) in [6, 6.07) is 0. The highest BCUT2D eigenvalue weighted by Gasteiger charge is 2.42. The van der Waals surface area contributed by atoms with Crippen LogP contribution in [0.4, 0.5) is 0 Å². The van der Waals surface area contributed by atoms with Gasteiger partial charge < -0.3 is 10.1 Å². The molecule has 0 radical (unpaired) electrons. The Labute approximate surface area is 104 Å². The highest BCUT2D eigenvalue weighted by Crippen LogP contribution is 2.49. The van der Waals surface area contributed by atoms with Crippen LogP contribution in [-0.2, 0) is 9.53 Å². The van der Waals surface area contributed by atoms with E-state index in [1.54, 1.807) is 0 Å². The summed E-state index contributed by atoms with van der Waals surface area (Å²) in [5.74, 6) is 1.51. The Bertz CT molecular complexity index is 227. The molecule has 0 bridgehead atoms. The molecule has 0 saturated heterocycles. The van der Waals surface area contributed by atoms with Crippen molar-refractivity contribution in [1.29, 1.82) is 0 Å². The van der Waals surface area contributed by atoms with Crippen molar-refractivity contribution in [1.82, 2.24) is 5.32 Å². The number of amides is 1. The molecule has 1 saturated carbocycles. The predicted octanol–water partition coefficient (Wildman–Crippen LogP) is 1.88. The van der Waals surface area contributed by atoms with Crippen LogP contribution in [0, 0.1) is 11.3 Å². The number of carbonyl (C=O) groups excluding carboxylic acids is 1. The van der Waals surface area contributed by atoms with Gasteiger partial charge in [0.25, 0.3) is 0 Å². The third-order valence-corrected chi connectivity index (χ3v) is 3.52. The Morgan fingerprint density at radius 3 is 2.69 bits per heavy atom. The maximum absolute atomic E-state index is 11.6. The van der Waals surface area contributed by atoms with Gasteiger partial charge in [-0.25, -0.2) is 0 Å². The second-order valence-corrected chi connectivity index (χ2v) is 5.47. The van der Waals surface area contributed by atoms with Crippen LogP contribution in [0.15, 0.2) is 0 Å². The summed E-state index contributed by atoms with van der Waals surface area (Å²) in [6.45, 7) is 6.21. The highest BCUT2D eigenvalue weighted by molar-refractivity contribution is 7.80. The van der Waals surface area contributed by atoms with E-state index in [9.17, 15) is 4.79 Å². The molecule has 0 heterocycles. The summed E-state index contributed by atoms with van der Waals surface area (Å²) >= 11 is 4.28. The van der Waals surface area contributed by atoms with Crippen LogP contribution >= 0.6 is 12.6 Å². The zero-order chi connectivity index (χ0) is 12.0. The van der Waals surface area contributed by atoms with Gasteiger partial charge in [0.05, 0.1) is 6.61 Å². The monoisotopic (exact) mass is 245 g/mol. The minimum atomic E-state index is 0.139. The summed E-state index contributed by atoms with van der Waals surface area (Å²) in [4.78, 5) is 11.6. The minimum Gasteiger partial charge on any atom is -0.379 e. The molecule has 1 aliphatic carbocycles. The van der Waals surface area contributed by atoms with Crippen molar-refractivity contribution in [3.63, 3.8) is 0 Å². The third kappa shape index (κ3) is 5.21. The fourth-order valence-corrected chi connectivity index (χ4v) is 1.98. The van der Waals surface area contributed by atoms with E-state index < -0.39 is 0 Å². The Morgan fingerprint density at radius 2 is 2.19 bits per heavy atom. The van der Waals surface area contributed by atoms with Crippen molar-refractivity contribution >= 4 is 18.5 Å². The van der Waals surface area contributed by atoms with Gasteiger partial charge in [-0.15, -0.1) is 0 Å². The van der Waals surface area contributed by atoms with Crippen molar-refractivity contribution in [2.75, 3.05) is 25.5 Å². The Balaban J connectivity index is 1.98. The summed E-state index contributed by atoms with van der Waals surface area (Å²) in [6.07, 6.45) is 2.92. The van der Waals surface area contributed by atoms with E-state index in [-0.39, 0.29) is 11.3 Å². The molecule has 1 N–H and O–H groups in total. The van der Waals surface area contributed by atoms with Gasteiger partial charge in [0.1, 0.15) is 0 Å². The van der Waals surface area contributed by atoms with E-state index in [0.29, 0.717) is 25.5 Å². The number of rotatable bonds is 8. The average Bonchev–Trinajstić information content (AvgIpc) is 2.97. The van der Waals surface area contributed by atoms with Crippen molar-refractivity contribution < 1.29 is 9.53 Å². The van der Waals surface area contributed by atoms with Crippen LogP contribution in [0.5, 0.6) is 0 Å². The van der Waals surface area contributed by atoms with Gasteiger partial charge in [-0.05, 0) is 29.9 Å². The van der Waals surface area contributed by atoms with Crippen LogP contribution in [0.1, 0.15) is 33.1 Å². The molecule has 0 aromatic heterocycles. The molecule has 16 heavy (non-hydrogen) atoms. The molecule has 0 unspecified atom stereocenters. The Hall–Kier alpha value is -0.220. The maximum Gasteiger partial charge on any atom is 0.220 e. The topological polar surface area (TPSA) is 38.3 Å². The van der Waals surface area contributed by atoms with Crippen LogP contribution in [-0.4, -0.2) is 31.4 Å². The van der Waals surface area contributed by atoms with E-state index in [0.717, 1.165) is 25.2 Å². The number of hydrogen-bond acceptors (Lipinski definition) is 3. The summed E-state index contributed by atoms with van der Waals surface area (Å²) in [5.41, 5.74) is 0.214. The summed E-state index contributed by atoms with van der Waals surface area (Å²) in [5, 5.41) is 2.89. The molecule has 0 spiro atoms. The number of nitrogens with one attached hydrogen (secondary N) is 1. The molecule has 3 nitrogen and oxygen atoms in total. The van der Waals surface area contributed by atoms with Crippen molar-refractivity contribution in [2.45, 2.75) is 33.1 Å². The van der Waals surface area contributed by atoms with Crippen molar-refractivity contribution in [3.05, 3.63) is 0 Å². The summed E-state index contributed by atoms with van der Waals surface area (Å²) in [7, 11) is 0. The highest BCUT2D eigenvalue weighted by atomic mass is 32.1. The molecular weight excluding hydrogens is 222 g/mol. The van der Waals surface area contributed by atoms with Gasteiger partial charge in [0.15, 0.2) is 0 Å². The molecule has 0 aliphatic heterocycles. The zero-order valence-corrected chi connectivity index (χ0v) is 11.2. The van der Waals surface area contributed by atoms with Crippen molar-refractivity contribution in [3.8, 4) is 0 Å². The number of ether oxygens (including phenoxy) is 1. The number of hydrogen-bond donors (Lipinski definition) is 2. The average molecular weight is 245 g/mol. The van der Waals surface area contributed by atoms with Crippen molar-refractivity contribution in [2.24, 2.45) is 11.3 Å². The normalized spacial score (nSPS) is 17.5. The minimum absolute atomic E-state index is 0.139. The fourth-order valence-electron chi connectivity index (χ4n) is 1.55. The Kier molecular flexibility index (Phi) is 5.62. The second kappa shape index (κ2) is 6.50. The van der Waals surface area contributed by atoms with Gasteiger partial charge in [-0.2, -0.15) is 12.6 Å². The smallest absolute Gasteiger partial charge is 0.220 e. The lowest BCUT2D eigenvalue weighted by atomic mass is 10.1. The third-order valence-electron chi connectivity index (χ3n) is 2.85. The lowest BCUT2D eigenvalue weighted by Crippen LogP contribution is -2.30. The zero-order valence-electron chi connectivity index (χ0n) is 10.3. The molecule has 1 rings (SSSR count). The maximum atomic E-state index is 11.6.